The lowest BCUT2D eigenvalue weighted by Gasteiger charge is -2.21. The van der Waals surface area contributed by atoms with Crippen molar-refractivity contribution in [2.45, 2.75) is 59.0 Å². The molecule has 146 valence electrons. The van der Waals surface area contributed by atoms with Crippen LogP contribution in [0, 0.1) is 20.8 Å². The van der Waals surface area contributed by atoms with Gasteiger partial charge in [0.1, 0.15) is 28.0 Å². The van der Waals surface area contributed by atoms with Crippen molar-refractivity contribution in [2.24, 2.45) is 0 Å². The molecule has 1 saturated carbocycles. The molecule has 28 heavy (non-hydrogen) atoms. The van der Waals surface area contributed by atoms with Crippen LogP contribution in [-0.4, -0.2) is 22.0 Å². The number of nitrogens with zero attached hydrogens (tertiary/aromatic N) is 2. The summed E-state index contributed by atoms with van der Waals surface area (Å²) in [6.07, 6.45) is 7.03. The highest BCUT2D eigenvalue weighted by Gasteiger charge is 2.24. The number of thiophene rings is 1. The normalized spacial score (nSPS) is 15.0. The third-order valence-corrected chi connectivity index (χ3v) is 6.69. The minimum atomic E-state index is -0.232. The zero-order valence-electron chi connectivity index (χ0n) is 16.5. The van der Waals surface area contributed by atoms with Crippen LogP contribution in [0.25, 0.3) is 10.2 Å². The van der Waals surface area contributed by atoms with Crippen molar-refractivity contribution in [1.29, 1.82) is 0 Å². The molecule has 2 aromatic heterocycles. The SMILES string of the molecule is Cc1ccc(Nc2ncnc3sc(C(=O)OC4CCCCC4)c(C)c23)cc1C. The van der Waals surface area contributed by atoms with E-state index >= 15 is 0 Å². The van der Waals surface area contributed by atoms with Crippen molar-refractivity contribution >= 4 is 39.0 Å². The maximum atomic E-state index is 12.8. The van der Waals surface area contributed by atoms with Gasteiger partial charge in [0.15, 0.2) is 0 Å². The Morgan fingerprint density at radius 3 is 2.64 bits per heavy atom. The van der Waals surface area contributed by atoms with E-state index in [-0.39, 0.29) is 12.1 Å². The number of hydrogen-bond acceptors (Lipinski definition) is 6. The molecule has 0 aliphatic heterocycles. The Kier molecular flexibility index (Phi) is 5.31. The largest absolute Gasteiger partial charge is 0.458 e. The Bertz CT molecular complexity index is 1020. The highest BCUT2D eigenvalue weighted by Crippen LogP contribution is 2.35. The van der Waals surface area contributed by atoms with E-state index in [1.54, 1.807) is 0 Å². The topological polar surface area (TPSA) is 64.1 Å². The van der Waals surface area contributed by atoms with Gasteiger partial charge in [-0.15, -0.1) is 11.3 Å². The lowest BCUT2D eigenvalue weighted by Crippen LogP contribution is -2.20. The minimum Gasteiger partial charge on any atom is -0.458 e. The first-order valence-electron chi connectivity index (χ1n) is 9.82. The van der Waals surface area contributed by atoms with Gasteiger partial charge in [0.05, 0.1) is 5.39 Å². The van der Waals surface area contributed by atoms with Crippen LogP contribution < -0.4 is 5.32 Å². The predicted molar refractivity (Wildman–Crippen MR) is 114 cm³/mol. The van der Waals surface area contributed by atoms with Gasteiger partial charge in [-0.1, -0.05) is 12.5 Å². The van der Waals surface area contributed by atoms with Gasteiger partial charge in [0.2, 0.25) is 0 Å². The fraction of sp³-hybridized carbons (Fsp3) is 0.409. The second kappa shape index (κ2) is 7.87. The van der Waals surface area contributed by atoms with Gasteiger partial charge < -0.3 is 10.1 Å². The molecule has 0 amide bonds. The van der Waals surface area contributed by atoms with Crippen LogP contribution in [0.5, 0.6) is 0 Å². The summed E-state index contributed by atoms with van der Waals surface area (Å²) in [7, 11) is 0. The minimum absolute atomic E-state index is 0.0464. The van der Waals surface area contributed by atoms with Crippen molar-refractivity contribution in [2.75, 3.05) is 5.32 Å². The van der Waals surface area contributed by atoms with Crippen LogP contribution in [0.4, 0.5) is 11.5 Å². The molecule has 0 unspecified atom stereocenters. The van der Waals surface area contributed by atoms with E-state index in [1.807, 2.05) is 13.0 Å². The maximum Gasteiger partial charge on any atom is 0.348 e. The van der Waals surface area contributed by atoms with E-state index in [0.29, 0.717) is 4.88 Å². The number of anilines is 2. The molecule has 1 aliphatic carbocycles. The van der Waals surface area contributed by atoms with Crippen LogP contribution >= 0.6 is 11.3 Å². The molecule has 0 radical (unpaired) electrons. The van der Waals surface area contributed by atoms with Gasteiger partial charge in [-0.3, -0.25) is 0 Å². The van der Waals surface area contributed by atoms with Crippen molar-refractivity contribution in [1.82, 2.24) is 9.97 Å². The Morgan fingerprint density at radius 2 is 1.89 bits per heavy atom. The van der Waals surface area contributed by atoms with Gasteiger partial charge in [0.25, 0.3) is 0 Å². The molecule has 6 heteroatoms. The third kappa shape index (κ3) is 3.74. The highest BCUT2D eigenvalue weighted by atomic mass is 32.1. The summed E-state index contributed by atoms with van der Waals surface area (Å²) >= 11 is 1.39. The summed E-state index contributed by atoms with van der Waals surface area (Å²) in [6.45, 7) is 6.13. The molecule has 0 spiro atoms. The van der Waals surface area contributed by atoms with Crippen molar-refractivity contribution < 1.29 is 9.53 Å². The molecule has 1 aliphatic rings. The van der Waals surface area contributed by atoms with Crippen LogP contribution in [0.1, 0.15) is 58.5 Å². The standard InChI is InChI=1S/C22H25N3O2S/c1-13-9-10-16(11-14(13)2)25-20-18-15(3)19(28-21(18)24-12-23-20)22(26)27-17-7-5-4-6-8-17/h9-12,17H,4-8H2,1-3H3,(H,23,24,25). The van der Waals surface area contributed by atoms with Crippen LogP contribution in [0.15, 0.2) is 24.5 Å². The third-order valence-electron chi connectivity index (χ3n) is 5.51. The van der Waals surface area contributed by atoms with Crippen molar-refractivity contribution in [3.05, 3.63) is 46.1 Å². The maximum absolute atomic E-state index is 12.8. The summed E-state index contributed by atoms with van der Waals surface area (Å²) in [5.74, 6) is 0.489. The fourth-order valence-electron chi connectivity index (χ4n) is 3.70. The number of nitrogens with one attached hydrogen (secondary N) is 1. The van der Waals surface area contributed by atoms with Crippen LogP contribution in [0.2, 0.25) is 0 Å². The van der Waals surface area contributed by atoms with E-state index in [4.69, 9.17) is 4.74 Å². The highest BCUT2D eigenvalue weighted by molar-refractivity contribution is 7.20. The van der Waals surface area contributed by atoms with E-state index in [1.165, 1.54) is 35.2 Å². The Balaban J connectivity index is 1.64. The quantitative estimate of drug-likeness (QED) is 0.561. The summed E-state index contributed by atoms with van der Waals surface area (Å²) in [4.78, 5) is 23.0. The number of aryl methyl sites for hydroxylation is 3. The number of carbonyl (C=O) groups is 1. The summed E-state index contributed by atoms with van der Waals surface area (Å²) in [5, 5.41) is 4.28. The van der Waals surface area contributed by atoms with E-state index in [9.17, 15) is 4.79 Å². The molecule has 0 atom stereocenters. The zero-order chi connectivity index (χ0) is 19.7. The molecule has 0 saturated heterocycles. The second-order valence-corrected chi connectivity index (χ2v) is 8.55. The number of hydrogen-bond donors (Lipinski definition) is 1. The summed E-state index contributed by atoms with van der Waals surface area (Å²) < 4.78 is 5.78. The number of esters is 1. The molecule has 2 heterocycles. The number of carbonyl (C=O) groups excluding carboxylic acids is 1. The molecular formula is C22H25N3O2S. The van der Waals surface area contributed by atoms with Gasteiger partial charge in [-0.2, -0.15) is 0 Å². The molecular weight excluding hydrogens is 370 g/mol. The Labute approximate surface area is 169 Å². The first-order chi connectivity index (χ1) is 13.5. The van der Waals surface area contributed by atoms with Crippen LogP contribution in [-0.2, 0) is 4.74 Å². The van der Waals surface area contributed by atoms with Gasteiger partial charge in [-0.25, -0.2) is 14.8 Å². The monoisotopic (exact) mass is 395 g/mol. The van der Waals surface area contributed by atoms with E-state index < -0.39 is 0 Å². The number of benzene rings is 1. The van der Waals surface area contributed by atoms with Gasteiger partial charge >= 0.3 is 5.97 Å². The molecule has 3 aromatic rings. The molecule has 1 N–H and O–H groups in total. The molecule has 4 rings (SSSR count). The zero-order valence-corrected chi connectivity index (χ0v) is 17.4. The number of rotatable bonds is 4. The Morgan fingerprint density at radius 1 is 1.11 bits per heavy atom. The van der Waals surface area contributed by atoms with Gasteiger partial charge in [0, 0.05) is 5.69 Å². The smallest absolute Gasteiger partial charge is 0.348 e. The predicted octanol–water partition coefficient (Wildman–Crippen LogP) is 5.85. The van der Waals surface area contributed by atoms with Crippen molar-refractivity contribution in [3.8, 4) is 0 Å². The average Bonchev–Trinajstić information content (AvgIpc) is 3.03. The molecule has 1 fully saturated rings. The summed E-state index contributed by atoms with van der Waals surface area (Å²) in [6, 6.07) is 6.23. The summed E-state index contributed by atoms with van der Waals surface area (Å²) in [5.41, 5.74) is 4.32. The molecule has 1 aromatic carbocycles. The van der Waals surface area contributed by atoms with E-state index in [0.717, 1.165) is 53.0 Å². The van der Waals surface area contributed by atoms with Gasteiger partial charge in [-0.05, 0) is 75.3 Å². The fourth-order valence-corrected chi connectivity index (χ4v) is 4.74. The lowest BCUT2D eigenvalue weighted by atomic mass is 9.98. The first kappa shape index (κ1) is 18.9. The van der Waals surface area contributed by atoms with Crippen LogP contribution in [0.3, 0.4) is 0 Å². The lowest BCUT2D eigenvalue weighted by molar-refractivity contribution is 0.0216. The number of fused-ring (bicyclic) bond motifs is 1. The van der Waals surface area contributed by atoms with Crippen molar-refractivity contribution in [3.63, 3.8) is 0 Å². The second-order valence-electron chi connectivity index (χ2n) is 7.55. The number of aromatic nitrogens is 2. The van der Waals surface area contributed by atoms with E-state index in [2.05, 4.69) is 41.3 Å². The first-order valence-corrected chi connectivity index (χ1v) is 10.6. The Hall–Kier alpha value is -2.47. The average molecular weight is 396 g/mol. The number of ether oxygens (including phenoxy) is 1. The molecule has 0 bridgehead atoms. The molecule has 5 nitrogen and oxygen atoms in total.